The third kappa shape index (κ3) is 4.87. The Hall–Kier alpha value is -1.78. The van der Waals surface area contributed by atoms with E-state index in [1.54, 1.807) is 31.2 Å². The van der Waals surface area contributed by atoms with E-state index >= 15 is 0 Å². The number of nitrogens with two attached hydrogens (primary N) is 1. The van der Waals surface area contributed by atoms with Crippen LogP contribution < -0.4 is 10.5 Å². The van der Waals surface area contributed by atoms with Gasteiger partial charge in [-0.15, -0.1) is 0 Å². The standard InChI is InChI=1S/C18H18Cl2N4O3S2/c1-3-24-16-7-5-12(29(21,26)27)9-15(16)23-18(24)28-10(2)17(25)22-14-8-11(19)4-6-13(14)20/h4-10H,3H2,1-2H3,(H,22,25)(H2,21,26,27)/t10-/m0/s1. The van der Waals surface area contributed by atoms with E-state index in [1.165, 1.54) is 23.9 Å². The average molecular weight is 473 g/mol. The summed E-state index contributed by atoms with van der Waals surface area (Å²) in [6.07, 6.45) is 0. The molecular weight excluding hydrogens is 455 g/mol. The summed E-state index contributed by atoms with van der Waals surface area (Å²) < 4.78 is 25.1. The molecule has 1 amide bonds. The van der Waals surface area contributed by atoms with Gasteiger partial charge in [0.25, 0.3) is 0 Å². The Bertz CT molecular complexity index is 1200. The molecule has 2 aromatic carbocycles. The summed E-state index contributed by atoms with van der Waals surface area (Å²) in [5.41, 5.74) is 1.68. The molecule has 154 valence electrons. The summed E-state index contributed by atoms with van der Waals surface area (Å²) in [6.45, 7) is 4.28. The maximum atomic E-state index is 12.6. The minimum atomic E-state index is -3.83. The number of hydrogen-bond donors (Lipinski definition) is 2. The van der Waals surface area contributed by atoms with Gasteiger partial charge in [-0.05, 0) is 50.2 Å². The number of carbonyl (C=O) groups is 1. The number of nitrogens with zero attached hydrogens (tertiary/aromatic N) is 2. The fraction of sp³-hybridized carbons (Fsp3) is 0.222. The van der Waals surface area contributed by atoms with Crippen molar-refractivity contribution in [3.63, 3.8) is 0 Å². The molecule has 29 heavy (non-hydrogen) atoms. The Morgan fingerprint density at radius 3 is 2.66 bits per heavy atom. The number of anilines is 1. The zero-order valence-corrected chi connectivity index (χ0v) is 18.7. The van der Waals surface area contributed by atoms with Crippen molar-refractivity contribution in [2.24, 2.45) is 5.14 Å². The van der Waals surface area contributed by atoms with Crippen molar-refractivity contribution in [1.29, 1.82) is 0 Å². The lowest BCUT2D eigenvalue weighted by Gasteiger charge is -2.13. The van der Waals surface area contributed by atoms with Crippen molar-refractivity contribution in [1.82, 2.24) is 9.55 Å². The fourth-order valence-electron chi connectivity index (χ4n) is 2.70. The number of aryl methyl sites for hydroxylation is 1. The first-order valence-electron chi connectivity index (χ1n) is 8.55. The molecule has 0 bridgehead atoms. The van der Waals surface area contributed by atoms with Gasteiger partial charge < -0.3 is 9.88 Å². The summed E-state index contributed by atoms with van der Waals surface area (Å²) >= 11 is 13.3. The van der Waals surface area contributed by atoms with Crippen LogP contribution in [0.2, 0.25) is 10.0 Å². The first-order valence-corrected chi connectivity index (χ1v) is 11.7. The molecule has 11 heteroatoms. The van der Waals surface area contributed by atoms with E-state index in [0.29, 0.717) is 33.0 Å². The molecule has 3 N–H and O–H groups in total. The van der Waals surface area contributed by atoms with Crippen LogP contribution in [0, 0.1) is 0 Å². The highest BCUT2D eigenvalue weighted by molar-refractivity contribution is 8.00. The number of sulfonamides is 1. The zero-order valence-electron chi connectivity index (χ0n) is 15.5. The monoisotopic (exact) mass is 472 g/mol. The van der Waals surface area contributed by atoms with E-state index in [4.69, 9.17) is 28.3 Å². The normalized spacial score (nSPS) is 12.9. The number of aromatic nitrogens is 2. The molecule has 1 heterocycles. The predicted octanol–water partition coefficient (Wildman–Crippen LogP) is 4.13. The third-order valence-electron chi connectivity index (χ3n) is 4.17. The zero-order chi connectivity index (χ0) is 21.3. The van der Waals surface area contributed by atoms with E-state index in [9.17, 15) is 13.2 Å². The quantitative estimate of drug-likeness (QED) is 0.524. The highest BCUT2D eigenvalue weighted by Gasteiger charge is 2.21. The number of thioether (sulfide) groups is 1. The minimum absolute atomic E-state index is 0.0105. The van der Waals surface area contributed by atoms with Gasteiger partial charge in [-0.1, -0.05) is 35.0 Å². The number of nitrogens with one attached hydrogen (secondary N) is 1. The van der Waals surface area contributed by atoms with Crippen LogP contribution in [0.3, 0.4) is 0 Å². The summed E-state index contributed by atoms with van der Waals surface area (Å²) in [5, 5.41) is 8.91. The Labute approximate surface area is 182 Å². The van der Waals surface area contributed by atoms with Crippen molar-refractivity contribution in [3.05, 3.63) is 46.4 Å². The minimum Gasteiger partial charge on any atom is -0.324 e. The first-order chi connectivity index (χ1) is 13.6. The van der Waals surface area contributed by atoms with Crippen molar-refractivity contribution in [3.8, 4) is 0 Å². The van der Waals surface area contributed by atoms with E-state index < -0.39 is 15.3 Å². The maximum Gasteiger partial charge on any atom is 0.238 e. The molecule has 1 atom stereocenters. The molecule has 0 saturated heterocycles. The number of amides is 1. The summed E-state index contributed by atoms with van der Waals surface area (Å²) in [6, 6.07) is 9.35. The Kier molecular flexibility index (Phi) is 6.45. The van der Waals surface area contributed by atoms with E-state index in [0.717, 1.165) is 5.52 Å². The van der Waals surface area contributed by atoms with Crippen molar-refractivity contribution < 1.29 is 13.2 Å². The molecule has 0 aliphatic rings. The van der Waals surface area contributed by atoms with Crippen LogP contribution in [0.5, 0.6) is 0 Å². The number of halogens is 2. The topological polar surface area (TPSA) is 107 Å². The number of primary sulfonamides is 1. The number of fused-ring (bicyclic) bond motifs is 1. The van der Waals surface area contributed by atoms with Crippen LogP contribution in [-0.4, -0.2) is 29.1 Å². The van der Waals surface area contributed by atoms with Gasteiger partial charge in [-0.25, -0.2) is 18.5 Å². The van der Waals surface area contributed by atoms with E-state index in [2.05, 4.69) is 10.3 Å². The van der Waals surface area contributed by atoms with Crippen molar-refractivity contribution >= 4 is 67.6 Å². The van der Waals surface area contributed by atoms with Gasteiger partial charge in [-0.2, -0.15) is 0 Å². The molecule has 3 rings (SSSR count). The van der Waals surface area contributed by atoms with Gasteiger partial charge in [0, 0.05) is 11.6 Å². The second kappa shape index (κ2) is 8.53. The third-order valence-corrected chi connectivity index (χ3v) is 6.73. The molecule has 0 spiro atoms. The van der Waals surface area contributed by atoms with Gasteiger partial charge in [0.2, 0.25) is 15.9 Å². The molecule has 3 aromatic rings. The Morgan fingerprint density at radius 2 is 2.00 bits per heavy atom. The average Bonchev–Trinajstić information content (AvgIpc) is 2.99. The number of hydrogen-bond acceptors (Lipinski definition) is 5. The van der Waals surface area contributed by atoms with Crippen molar-refractivity contribution in [2.75, 3.05) is 5.32 Å². The molecule has 0 aliphatic carbocycles. The van der Waals surface area contributed by atoms with Crippen LogP contribution in [0.1, 0.15) is 13.8 Å². The largest absolute Gasteiger partial charge is 0.324 e. The lowest BCUT2D eigenvalue weighted by Crippen LogP contribution is -2.23. The molecule has 0 unspecified atom stereocenters. The van der Waals surface area contributed by atoms with E-state index in [1.807, 2.05) is 11.5 Å². The van der Waals surface area contributed by atoms with Gasteiger partial charge in [-0.3, -0.25) is 4.79 Å². The second-order valence-electron chi connectivity index (χ2n) is 6.21. The molecule has 7 nitrogen and oxygen atoms in total. The van der Waals surface area contributed by atoms with Crippen LogP contribution in [0.15, 0.2) is 46.5 Å². The SMILES string of the molecule is CCn1c(S[C@@H](C)C(=O)Nc2cc(Cl)ccc2Cl)nc2cc(S(N)(=O)=O)ccc21. The van der Waals surface area contributed by atoms with Gasteiger partial charge in [0.1, 0.15) is 0 Å². The van der Waals surface area contributed by atoms with Crippen LogP contribution in [-0.2, 0) is 21.4 Å². The highest BCUT2D eigenvalue weighted by atomic mass is 35.5. The smallest absolute Gasteiger partial charge is 0.238 e. The number of benzene rings is 2. The lowest BCUT2D eigenvalue weighted by atomic mass is 10.3. The molecular formula is C18H18Cl2N4O3S2. The highest BCUT2D eigenvalue weighted by Crippen LogP contribution is 2.30. The molecule has 1 aromatic heterocycles. The Morgan fingerprint density at radius 1 is 1.28 bits per heavy atom. The Balaban J connectivity index is 1.86. The van der Waals surface area contributed by atoms with Gasteiger partial charge in [0.05, 0.1) is 31.9 Å². The van der Waals surface area contributed by atoms with Gasteiger partial charge in [0.15, 0.2) is 5.16 Å². The summed E-state index contributed by atoms with van der Waals surface area (Å²) in [4.78, 5) is 17.1. The number of carbonyl (C=O) groups excluding carboxylic acids is 1. The number of imidazole rings is 1. The van der Waals surface area contributed by atoms with Crippen LogP contribution in [0.4, 0.5) is 5.69 Å². The molecule has 0 aliphatic heterocycles. The lowest BCUT2D eigenvalue weighted by molar-refractivity contribution is -0.115. The fourth-order valence-corrected chi connectivity index (χ4v) is 4.56. The summed E-state index contributed by atoms with van der Waals surface area (Å²) in [5.74, 6) is -0.265. The van der Waals surface area contributed by atoms with Crippen molar-refractivity contribution in [2.45, 2.75) is 35.7 Å². The number of rotatable bonds is 6. The van der Waals surface area contributed by atoms with Gasteiger partial charge >= 0.3 is 0 Å². The van der Waals surface area contributed by atoms with E-state index in [-0.39, 0.29) is 10.8 Å². The maximum absolute atomic E-state index is 12.6. The van der Waals surface area contributed by atoms with Crippen LogP contribution in [0.25, 0.3) is 11.0 Å². The second-order valence-corrected chi connectivity index (χ2v) is 9.92. The predicted molar refractivity (Wildman–Crippen MR) is 117 cm³/mol. The van der Waals surface area contributed by atoms with Crippen LogP contribution >= 0.6 is 35.0 Å². The molecule has 0 fully saturated rings. The molecule has 0 radical (unpaired) electrons. The first kappa shape index (κ1) is 21.9. The molecule has 0 saturated carbocycles. The summed E-state index contributed by atoms with van der Waals surface area (Å²) in [7, 11) is -3.83.